The summed E-state index contributed by atoms with van der Waals surface area (Å²) >= 11 is 0. The van der Waals surface area contributed by atoms with Crippen molar-refractivity contribution in [1.82, 2.24) is 4.90 Å². The SMILES string of the molecule is CC(C)O[C@H]1CO[C@@H](C(=O)N2CCc3ccccc3[C@@H]2c2ccc(F)cc2)C[C@@H]1O. The molecular formula is C24H28FNO4. The van der Waals surface area contributed by atoms with E-state index in [2.05, 4.69) is 6.07 Å². The number of carbonyl (C=O) groups excluding carboxylic acids is 1. The first-order valence-corrected chi connectivity index (χ1v) is 10.5. The highest BCUT2D eigenvalue weighted by atomic mass is 19.1. The number of hydrogen-bond donors (Lipinski definition) is 1. The van der Waals surface area contributed by atoms with Crippen molar-refractivity contribution in [3.63, 3.8) is 0 Å². The Labute approximate surface area is 176 Å². The number of aliphatic hydroxyl groups excluding tert-OH is 1. The third kappa shape index (κ3) is 4.26. The minimum atomic E-state index is -0.753. The number of rotatable bonds is 4. The van der Waals surface area contributed by atoms with Crippen molar-refractivity contribution in [2.24, 2.45) is 0 Å². The van der Waals surface area contributed by atoms with E-state index in [1.54, 1.807) is 17.0 Å². The van der Waals surface area contributed by atoms with Crippen molar-refractivity contribution < 1.29 is 23.8 Å². The molecule has 1 amide bonds. The van der Waals surface area contributed by atoms with Crippen LogP contribution in [-0.2, 0) is 20.7 Å². The zero-order valence-electron chi connectivity index (χ0n) is 17.3. The second kappa shape index (κ2) is 8.84. The molecule has 4 atom stereocenters. The molecule has 0 saturated carbocycles. The number of ether oxygens (including phenoxy) is 2. The summed E-state index contributed by atoms with van der Waals surface area (Å²) in [7, 11) is 0. The van der Waals surface area contributed by atoms with E-state index in [1.165, 1.54) is 17.7 Å². The Bertz CT molecular complexity index is 885. The molecule has 2 aliphatic heterocycles. The molecule has 160 valence electrons. The number of amides is 1. The van der Waals surface area contributed by atoms with Crippen molar-refractivity contribution in [1.29, 1.82) is 0 Å². The quantitative estimate of drug-likeness (QED) is 0.836. The van der Waals surface area contributed by atoms with Crippen LogP contribution >= 0.6 is 0 Å². The van der Waals surface area contributed by atoms with Gasteiger partial charge in [-0.1, -0.05) is 36.4 Å². The predicted octanol–water partition coefficient (Wildman–Crippen LogP) is 3.24. The van der Waals surface area contributed by atoms with E-state index in [9.17, 15) is 14.3 Å². The first-order valence-electron chi connectivity index (χ1n) is 10.5. The van der Waals surface area contributed by atoms with Gasteiger partial charge in [0.15, 0.2) is 0 Å². The van der Waals surface area contributed by atoms with Crippen molar-refractivity contribution in [3.05, 3.63) is 71.0 Å². The second-order valence-corrected chi connectivity index (χ2v) is 8.28. The maximum absolute atomic E-state index is 13.5. The molecule has 2 aromatic carbocycles. The van der Waals surface area contributed by atoms with Gasteiger partial charge in [-0.3, -0.25) is 4.79 Å². The molecule has 5 nitrogen and oxygen atoms in total. The van der Waals surface area contributed by atoms with Gasteiger partial charge in [0, 0.05) is 13.0 Å². The summed E-state index contributed by atoms with van der Waals surface area (Å²) in [6, 6.07) is 14.0. The van der Waals surface area contributed by atoms with Gasteiger partial charge in [0.1, 0.15) is 18.0 Å². The fourth-order valence-electron chi connectivity index (χ4n) is 4.41. The summed E-state index contributed by atoms with van der Waals surface area (Å²) in [4.78, 5) is 15.3. The number of aliphatic hydroxyl groups is 1. The first-order chi connectivity index (χ1) is 14.4. The average molecular weight is 413 g/mol. The van der Waals surface area contributed by atoms with E-state index in [0.717, 1.165) is 17.5 Å². The van der Waals surface area contributed by atoms with Crippen LogP contribution in [0.5, 0.6) is 0 Å². The van der Waals surface area contributed by atoms with Crippen molar-refractivity contribution in [2.75, 3.05) is 13.2 Å². The zero-order chi connectivity index (χ0) is 21.3. The topological polar surface area (TPSA) is 59.0 Å². The summed E-state index contributed by atoms with van der Waals surface area (Å²) < 4.78 is 25.0. The highest BCUT2D eigenvalue weighted by molar-refractivity contribution is 5.82. The van der Waals surface area contributed by atoms with Crippen LogP contribution in [0.3, 0.4) is 0 Å². The summed E-state index contributed by atoms with van der Waals surface area (Å²) in [5.74, 6) is -0.462. The Kier molecular flexibility index (Phi) is 6.18. The summed E-state index contributed by atoms with van der Waals surface area (Å²) in [5.41, 5.74) is 3.08. The molecule has 2 aliphatic rings. The fraction of sp³-hybridized carbons (Fsp3) is 0.458. The minimum absolute atomic E-state index is 0.0260. The number of carbonyl (C=O) groups is 1. The van der Waals surface area contributed by atoms with Gasteiger partial charge < -0.3 is 19.5 Å². The Morgan fingerprint density at radius 1 is 1.20 bits per heavy atom. The van der Waals surface area contributed by atoms with Crippen LogP contribution in [0.4, 0.5) is 4.39 Å². The smallest absolute Gasteiger partial charge is 0.252 e. The highest BCUT2D eigenvalue weighted by Crippen LogP contribution is 2.36. The first kappa shape index (κ1) is 21.0. The standard InChI is InChI=1S/C24H28FNO4/c1-15(2)30-22-14-29-21(13-20(22)27)24(28)26-12-11-16-5-3-4-6-19(16)23(26)17-7-9-18(25)10-8-17/h3-10,15,20-23,27H,11-14H2,1-2H3/t20-,21+,22-,23-/m0/s1. The van der Waals surface area contributed by atoms with E-state index >= 15 is 0 Å². The lowest BCUT2D eigenvalue weighted by atomic mass is 9.87. The largest absolute Gasteiger partial charge is 0.390 e. The van der Waals surface area contributed by atoms with Crippen LogP contribution in [0.1, 0.15) is 43.0 Å². The van der Waals surface area contributed by atoms with Gasteiger partial charge in [0.2, 0.25) is 0 Å². The van der Waals surface area contributed by atoms with Gasteiger partial charge in [-0.25, -0.2) is 4.39 Å². The monoisotopic (exact) mass is 413 g/mol. The molecule has 1 fully saturated rings. The Hall–Kier alpha value is -2.28. The van der Waals surface area contributed by atoms with Crippen LogP contribution in [0.2, 0.25) is 0 Å². The summed E-state index contributed by atoms with van der Waals surface area (Å²) in [6.45, 7) is 4.53. The molecule has 1 N–H and O–H groups in total. The van der Waals surface area contributed by atoms with Gasteiger partial charge in [-0.05, 0) is 49.1 Å². The Balaban J connectivity index is 1.59. The molecule has 0 spiro atoms. The molecule has 6 heteroatoms. The van der Waals surface area contributed by atoms with E-state index in [1.807, 2.05) is 32.0 Å². The molecular weight excluding hydrogens is 385 g/mol. The molecule has 0 bridgehead atoms. The molecule has 1 saturated heterocycles. The molecule has 0 radical (unpaired) electrons. The van der Waals surface area contributed by atoms with E-state index in [-0.39, 0.29) is 36.9 Å². The fourth-order valence-corrected chi connectivity index (χ4v) is 4.41. The second-order valence-electron chi connectivity index (χ2n) is 8.28. The third-order valence-corrected chi connectivity index (χ3v) is 5.82. The molecule has 30 heavy (non-hydrogen) atoms. The van der Waals surface area contributed by atoms with Gasteiger partial charge in [0.25, 0.3) is 5.91 Å². The molecule has 2 aromatic rings. The highest BCUT2D eigenvalue weighted by Gasteiger charge is 2.40. The van der Waals surface area contributed by atoms with Crippen molar-refractivity contribution >= 4 is 5.91 Å². The predicted molar refractivity (Wildman–Crippen MR) is 110 cm³/mol. The molecule has 0 unspecified atom stereocenters. The summed E-state index contributed by atoms with van der Waals surface area (Å²) in [5, 5.41) is 10.5. The third-order valence-electron chi connectivity index (χ3n) is 5.82. The van der Waals surface area contributed by atoms with Crippen LogP contribution in [0.25, 0.3) is 0 Å². The summed E-state index contributed by atoms with van der Waals surface area (Å²) in [6.07, 6.45) is -0.985. The van der Waals surface area contributed by atoms with E-state index in [4.69, 9.17) is 9.47 Å². The maximum Gasteiger partial charge on any atom is 0.252 e. The maximum atomic E-state index is 13.5. The van der Waals surface area contributed by atoms with Crippen molar-refractivity contribution in [3.8, 4) is 0 Å². The van der Waals surface area contributed by atoms with Gasteiger partial charge in [-0.2, -0.15) is 0 Å². The lowest BCUT2D eigenvalue weighted by molar-refractivity contribution is -0.177. The number of fused-ring (bicyclic) bond motifs is 1. The van der Waals surface area contributed by atoms with Crippen molar-refractivity contribution in [2.45, 2.75) is 57.1 Å². The van der Waals surface area contributed by atoms with Gasteiger partial charge >= 0.3 is 0 Å². The van der Waals surface area contributed by atoms with Crippen LogP contribution in [0, 0.1) is 5.82 Å². The van der Waals surface area contributed by atoms with Crippen LogP contribution in [0.15, 0.2) is 48.5 Å². The van der Waals surface area contributed by atoms with E-state index < -0.39 is 18.3 Å². The minimum Gasteiger partial charge on any atom is -0.390 e. The molecule has 0 aliphatic carbocycles. The lowest BCUT2D eigenvalue weighted by Crippen LogP contribution is -2.52. The number of nitrogens with zero attached hydrogens (tertiary/aromatic N) is 1. The zero-order valence-corrected chi connectivity index (χ0v) is 17.3. The molecule has 2 heterocycles. The normalized spacial score (nSPS) is 26.5. The average Bonchev–Trinajstić information content (AvgIpc) is 2.74. The molecule has 0 aromatic heterocycles. The number of hydrogen-bond acceptors (Lipinski definition) is 4. The van der Waals surface area contributed by atoms with Gasteiger partial charge in [0.05, 0.1) is 24.9 Å². The van der Waals surface area contributed by atoms with E-state index in [0.29, 0.717) is 6.54 Å². The number of benzene rings is 2. The van der Waals surface area contributed by atoms with Gasteiger partial charge in [-0.15, -0.1) is 0 Å². The molecule has 4 rings (SSSR count). The van der Waals surface area contributed by atoms with Crippen LogP contribution < -0.4 is 0 Å². The lowest BCUT2D eigenvalue weighted by Gasteiger charge is -2.41. The Morgan fingerprint density at radius 2 is 1.93 bits per heavy atom. The number of halogens is 1. The Morgan fingerprint density at radius 3 is 2.63 bits per heavy atom. The van der Waals surface area contributed by atoms with Crippen LogP contribution in [-0.4, -0.2) is 53.5 Å².